The van der Waals surface area contributed by atoms with E-state index in [1.165, 1.54) is 19.4 Å². The smallest absolute Gasteiger partial charge is 0.140 e. The molecule has 0 amide bonds. The third kappa shape index (κ3) is 2.73. The van der Waals surface area contributed by atoms with Gasteiger partial charge in [-0.25, -0.2) is 0 Å². The maximum absolute atomic E-state index is 5.76. The van der Waals surface area contributed by atoms with E-state index in [4.69, 9.17) is 4.74 Å². The summed E-state index contributed by atoms with van der Waals surface area (Å²) in [6, 6.07) is 4.61. The monoisotopic (exact) mass is 220 g/mol. The van der Waals surface area contributed by atoms with Crippen molar-refractivity contribution >= 4 is 0 Å². The Morgan fingerprint density at radius 3 is 3.12 bits per heavy atom. The molecule has 2 rings (SSSR count). The summed E-state index contributed by atoms with van der Waals surface area (Å²) in [6.45, 7) is 4.01. The van der Waals surface area contributed by atoms with Crippen LogP contribution in [0.4, 0.5) is 0 Å². The van der Waals surface area contributed by atoms with Gasteiger partial charge in [-0.3, -0.25) is 4.98 Å². The van der Waals surface area contributed by atoms with Crippen molar-refractivity contribution in [1.82, 2.24) is 9.88 Å². The second-order valence-corrected chi connectivity index (χ2v) is 4.50. The minimum absolute atomic E-state index is 0.706. The zero-order chi connectivity index (χ0) is 11.4. The van der Waals surface area contributed by atoms with Gasteiger partial charge in [0.2, 0.25) is 0 Å². The number of aryl methyl sites for hydroxylation is 1. The molecule has 1 aromatic rings. The molecule has 0 bridgehead atoms. The fraction of sp³-hybridized carbons (Fsp3) is 0.615. The Morgan fingerprint density at radius 2 is 2.44 bits per heavy atom. The van der Waals surface area contributed by atoms with Gasteiger partial charge < -0.3 is 9.64 Å². The number of likely N-dealkylation sites (tertiary alicyclic amines) is 1. The van der Waals surface area contributed by atoms with E-state index in [1.807, 2.05) is 19.1 Å². The molecular formula is C13H20N2O. The summed E-state index contributed by atoms with van der Waals surface area (Å²) in [5.41, 5.74) is 0.974. The van der Waals surface area contributed by atoms with Crippen LogP contribution >= 0.6 is 0 Å². The highest BCUT2D eigenvalue weighted by atomic mass is 16.5. The molecule has 3 heteroatoms. The molecule has 16 heavy (non-hydrogen) atoms. The maximum Gasteiger partial charge on any atom is 0.140 e. The van der Waals surface area contributed by atoms with E-state index >= 15 is 0 Å². The maximum atomic E-state index is 5.76. The summed E-state index contributed by atoms with van der Waals surface area (Å²) in [5.74, 6) is 0.920. The van der Waals surface area contributed by atoms with E-state index in [-0.39, 0.29) is 0 Å². The molecule has 1 atom stereocenters. The van der Waals surface area contributed by atoms with E-state index in [2.05, 4.69) is 16.9 Å². The van der Waals surface area contributed by atoms with Crippen molar-refractivity contribution in [2.75, 3.05) is 20.2 Å². The molecule has 1 fully saturated rings. The number of hydrogen-bond donors (Lipinski definition) is 0. The minimum Gasteiger partial charge on any atom is -0.492 e. The molecule has 1 aromatic heterocycles. The lowest BCUT2D eigenvalue weighted by molar-refractivity contribution is 0.232. The topological polar surface area (TPSA) is 25.4 Å². The predicted octanol–water partition coefficient (Wildman–Crippen LogP) is 2.25. The third-order valence-electron chi connectivity index (χ3n) is 3.34. The van der Waals surface area contributed by atoms with Crippen LogP contribution < -0.4 is 4.74 Å². The SMILES string of the molecule is Cc1ncccc1OCC[C@H]1CCCN1C. The second-order valence-electron chi connectivity index (χ2n) is 4.50. The Morgan fingerprint density at radius 1 is 1.56 bits per heavy atom. The van der Waals surface area contributed by atoms with E-state index in [1.54, 1.807) is 6.20 Å². The molecule has 0 aliphatic carbocycles. The molecule has 0 saturated carbocycles. The molecule has 0 N–H and O–H groups in total. The Kier molecular flexibility index (Phi) is 3.78. The van der Waals surface area contributed by atoms with Crippen molar-refractivity contribution in [1.29, 1.82) is 0 Å². The predicted molar refractivity (Wildman–Crippen MR) is 64.7 cm³/mol. The summed E-state index contributed by atoms with van der Waals surface area (Å²) in [4.78, 5) is 6.64. The first-order valence-electron chi connectivity index (χ1n) is 6.02. The van der Waals surface area contributed by atoms with Crippen LogP contribution in [-0.4, -0.2) is 36.1 Å². The highest BCUT2D eigenvalue weighted by molar-refractivity contribution is 5.25. The molecule has 1 aliphatic rings. The van der Waals surface area contributed by atoms with E-state index < -0.39 is 0 Å². The number of rotatable bonds is 4. The van der Waals surface area contributed by atoms with Crippen molar-refractivity contribution in [2.45, 2.75) is 32.2 Å². The molecule has 88 valence electrons. The zero-order valence-electron chi connectivity index (χ0n) is 10.1. The van der Waals surface area contributed by atoms with Crippen LogP contribution in [0, 0.1) is 6.92 Å². The number of ether oxygens (including phenoxy) is 1. The normalized spacial score (nSPS) is 21.2. The van der Waals surface area contributed by atoms with Gasteiger partial charge in [0, 0.05) is 12.2 Å². The van der Waals surface area contributed by atoms with Crippen LogP contribution in [0.1, 0.15) is 25.0 Å². The fourth-order valence-corrected chi connectivity index (χ4v) is 2.27. The van der Waals surface area contributed by atoms with Gasteiger partial charge in [0.25, 0.3) is 0 Å². The van der Waals surface area contributed by atoms with E-state index in [9.17, 15) is 0 Å². The van der Waals surface area contributed by atoms with Crippen LogP contribution in [0.2, 0.25) is 0 Å². The zero-order valence-corrected chi connectivity index (χ0v) is 10.1. The largest absolute Gasteiger partial charge is 0.492 e. The van der Waals surface area contributed by atoms with Gasteiger partial charge in [-0.1, -0.05) is 0 Å². The molecule has 0 unspecified atom stereocenters. The molecule has 1 aliphatic heterocycles. The van der Waals surface area contributed by atoms with Gasteiger partial charge in [-0.2, -0.15) is 0 Å². The summed E-state index contributed by atoms with van der Waals surface area (Å²) in [6.07, 6.45) is 5.55. The first kappa shape index (κ1) is 11.4. The average Bonchev–Trinajstić information content (AvgIpc) is 2.67. The lowest BCUT2D eigenvalue weighted by atomic mass is 10.1. The lowest BCUT2D eigenvalue weighted by Crippen LogP contribution is -2.26. The second kappa shape index (κ2) is 5.30. The van der Waals surface area contributed by atoms with Crippen LogP contribution in [-0.2, 0) is 0 Å². The van der Waals surface area contributed by atoms with Crippen molar-refractivity contribution in [3.05, 3.63) is 24.0 Å². The Bertz CT molecular complexity index is 340. The third-order valence-corrected chi connectivity index (χ3v) is 3.34. The molecule has 1 saturated heterocycles. The Hall–Kier alpha value is -1.09. The molecule has 0 aromatic carbocycles. The summed E-state index contributed by atoms with van der Waals surface area (Å²) < 4.78 is 5.76. The molecule has 2 heterocycles. The summed E-state index contributed by atoms with van der Waals surface area (Å²) in [7, 11) is 2.20. The fourth-order valence-electron chi connectivity index (χ4n) is 2.27. The van der Waals surface area contributed by atoms with Gasteiger partial charge in [0.05, 0.1) is 12.3 Å². The number of pyridine rings is 1. The van der Waals surface area contributed by atoms with E-state index in [0.717, 1.165) is 24.5 Å². The van der Waals surface area contributed by atoms with Gasteiger partial charge in [-0.15, -0.1) is 0 Å². The quantitative estimate of drug-likeness (QED) is 0.778. The van der Waals surface area contributed by atoms with Crippen molar-refractivity contribution in [2.24, 2.45) is 0 Å². The number of aromatic nitrogens is 1. The van der Waals surface area contributed by atoms with Crippen molar-refractivity contribution < 1.29 is 4.74 Å². The summed E-state index contributed by atoms with van der Waals surface area (Å²) in [5, 5.41) is 0. The van der Waals surface area contributed by atoms with Crippen LogP contribution in [0.5, 0.6) is 5.75 Å². The summed E-state index contributed by atoms with van der Waals surface area (Å²) >= 11 is 0. The lowest BCUT2D eigenvalue weighted by Gasteiger charge is -2.19. The first-order chi connectivity index (χ1) is 7.77. The van der Waals surface area contributed by atoms with Gasteiger partial charge in [0.15, 0.2) is 0 Å². The standard InChI is InChI=1S/C13H20N2O/c1-11-13(6-3-8-14-11)16-10-7-12-5-4-9-15(12)2/h3,6,8,12H,4-5,7,9-10H2,1-2H3/t12-/m1/s1. The molecule has 0 radical (unpaired) electrons. The van der Waals surface area contributed by atoms with Crippen molar-refractivity contribution in [3.63, 3.8) is 0 Å². The number of nitrogens with zero attached hydrogens (tertiary/aromatic N) is 2. The minimum atomic E-state index is 0.706. The van der Waals surface area contributed by atoms with Gasteiger partial charge in [-0.05, 0) is 51.9 Å². The average molecular weight is 220 g/mol. The van der Waals surface area contributed by atoms with Crippen LogP contribution in [0.3, 0.4) is 0 Å². The van der Waals surface area contributed by atoms with Gasteiger partial charge >= 0.3 is 0 Å². The Balaban J connectivity index is 1.78. The molecule has 0 spiro atoms. The highest BCUT2D eigenvalue weighted by Gasteiger charge is 2.20. The van der Waals surface area contributed by atoms with Gasteiger partial charge in [0.1, 0.15) is 5.75 Å². The van der Waals surface area contributed by atoms with E-state index in [0.29, 0.717) is 6.04 Å². The molecule has 3 nitrogen and oxygen atoms in total. The highest BCUT2D eigenvalue weighted by Crippen LogP contribution is 2.19. The molecular weight excluding hydrogens is 200 g/mol. The van der Waals surface area contributed by atoms with Crippen molar-refractivity contribution in [3.8, 4) is 5.75 Å². The first-order valence-corrected chi connectivity index (χ1v) is 6.02. The van der Waals surface area contributed by atoms with Crippen LogP contribution in [0.25, 0.3) is 0 Å². The number of hydrogen-bond acceptors (Lipinski definition) is 3. The van der Waals surface area contributed by atoms with Crippen LogP contribution in [0.15, 0.2) is 18.3 Å². The Labute approximate surface area is 97.4 Å².